The van der Waals surface area contributed by atoms with Crippen molar-refractivity contribution in [3.05, 3.63) is 28.5 Å². The van der Waals surface area contributed by atoms with E-state index in [9.17, 15) is 0 Å². The topological polar surface area (TPSA) is 77.3 Å². The average Bonchev–Trinajstić information content (AvgIpc) is 2.01. The minimum absolute atomic E-state index is 0.0926. The highest BCUT2D eigenvalue weighted by atomic mass is 79.9. The molecule has 0 radical (unpaired) electrons. The maximum Gasteiger partial charge on any atom is 0.186 e. The molecule has 5 heteroatoms. The molecule has 64 valence electrons. The van der Waals surface area contributed by atoms with Crippen molar-refractivity contribution >= 4 is 21.9 Å². The summed E-state index contributed by atoms with van der Waals surface area (Å²) in [5.74, 6) is 0.0926. The zero-order valence-electron chi connectivity index (χ0n) is 6.37. The minimum atomic E-state index is 0.0926. The van der Waals surface area contributed by atoms with E-state index in [1.54, 1.807) is 12.4 Å². The number of hydrogen-bond acceptors (Lipinski definition) is 2. The van der Waals surface area contributed by atoms with E-state index < -0.39 is 0 Å². The third-order valence-corrected chi connectivity index (χ3v) is 1.64. The highest BCUT2D eigenvalue weighted by Crippen LogP contribution is 2.09. The highest BCUT2D eigenvalue weighted by molar-refractivity contribution is 9.10. The lowest BCUT2D eigenvalue weighted by Gasteiger charge is -1.96. The van der Waals surface area contributed by atoms with Gasteiger partial charge in [-0.3, -0.25) is 4.98 Å². The summed E-state index contributed by atoms with van der Waals surface area (Å²) in [4.78, 5) is 7.81. The molecule has 0 aliphatic heterocycles. The van der Waals surface area contributed by atoms with Crippen LogP contribution in [0.4, 0.5) is 0 Å². The first kappa shape index (κ1) is 8.99. The summed E-state index contributed by atoms with van der Waals surface area (Å²) in [5.41, 5.74) is 11.3. The molecule has 0 aliphatic carbocycles. The van der Waals surface area contributed by atoms with Gasteiger partial charge >= 0.3 is 0 Å². The predicted molar refractivity (Wildman–Crippen MR) is 51.5 cm³/mol. The van der Waals surface area contributed by atoms with E-state index in [2.05, 4.69) is 25.9 Å². The summed E-state index contributed by atoms with van der Waals surface area (Å²) in [6.07, 6.45) is 3.43. The van der Waals surface area contributed by atoms with Crippen LogP contribution in [-0.4, -0.2) is 10.9 Å². The predicted octanol–water partition coefficient (Wildman–Crippen LogP) is 0.618. The molecule has 1 aromatic rings. The second kappa shape index (κ2) is 4.06. The lowest BCUT2D eigenvalue weighted by molar-refractivity contribution is 1.03. The molecule has 0 spiro atoms. The van der Waals surface area contributed by atoms with Crippen molar-refractivity contribution in [3.8, 4) is 0 Å². The Morgan fingerprint density at radius 1 is 1.50 bits per heavy atom. The SMILES string of the molecule is NC(N)=NCc1cncc(Br)c1. The summed E-state index contributed by atoms with van der Waals surface area (Å²) in [7, 11) is 0. The second-order valence-corrected chi connectivity index (χ2v) is 3.17. The van der Waals surface area contributed by atoms with E-state index in [1.807, 2.05) is 6.07 Å². The molecule has 0 unspecified atom stereocenters. The smallest absolute Gasteiger partial charge is 0.186 e. The van der Waals surface area contributed by atoms with E-state index in [-0.39, 0.29) is 5.96 Å². The van der Waals surface area contributed by atoms with Gasteiger partial charge in [-0.15, -0.1) is 0 Å². The van der Waals surface area contributed by atoms with Gasteiger partial charge in [0, 0.05) is 16.9 Å². The van der Waals surface area contributed by atoms with Gasteiger partial charge in [-0.1, -0.05) is 0 Å². The molecule has 0 bridgehead atoms. The number of nitrogens with zero attached hydrogens (tertiary/aromatic N) is 2. The molecule has 0 fully saturated rings. The molecular formula is C7H9BrN4. The van der Waals surface area contributed by atoms with Crippen LogP contribution in [-0.2, 0) is 6.54 Å². The molecule has 0 atom stereocenters. The van der Waals surface area contributed by atoms with Gasteiger partial charge in [-0.05, 0) is 27.6 Å². The van der Waals surface area contributed by atoms with Crippen LogP contribution in [0.2, 0.25) is 0 Å². The van der Waals surface area contributed by atoms with Crippen molar-refractivity contribution in [1.82, 2.24) is 4.98 Å². The highest BCUT2D eigenvalue weighted by Gasteiger charge is 1.92. The first-order chi connectivity index (χ1) is 5.68. The van der Waals surface area contributed by atoms with Gasteiger partial charge in [0.05, 0.1) is 6.54 Å². The molecule has 0 saturated heterocycles. The molecule has 1 heterocycles. The quantitative estimate of drug-likeness (QED) is 0.576. The Hall–Kier alpha value is -1.10. The zero-order valence-corrected chi connectivity index (χ0v) is 7.95. The number of hydrogen-bond donors (Lipinski definition) is 2. The van der Waals surface area contributed by atoms with Crippen LogP contribution in [0, 0.1) is 0 Å². The molecular weight excluding hydrogens is 220 g/mol. The molecule has 1 rings (SSSR count). The maximum absolute atomic E-state index is 5.17. The normalized spacial score (nSPS) is 9.42. The van der Waals surface area contributed by atoms with Crippen LogP contribution >= 0.6 is 15.9 Å². The Labute approximate surface area is 78.8 Å². The Balaban J connectivity index is 2.70. The van der Waals surface area contributed by atoms with Crippen LogP contribution in [0.5, 0.6) is 0 Å². The van der Waals surface area contributed by atoms with Crippen molar-refractivity contribution in [2.75, 3.05) is 0 Å². The van der Waals surface area contributed by atoms with Crippen LogP contribution in [0.25, 0.3) is 0 Å². The summed E-state index contributed by atoms with van der Waals surface area (Å²) in [5, 5.41) is 0. The van der Waals surface area contributed by atoms with Crippen LogP contribution in [0.1, 0.15) is 5.56 Å². The first-order valence-electron chi connectivity index (χ1n) is 3.33. The lowest BCUT2D eigenvalue weighted by atomic mass is 10.3. The number of aliphatic imine (C=N–C) groups is 1. The van der Waals surface area contributed by atoms with Gasteiger partial charge in [0.1, 0.15) is 0 Å². The van der Waals surface area contributed by atoms with E-state index >= 15 is 0 Å². The van der Waals surface area contributed by atoms with Crippen molar-refractivity contribution in [3.63, 3.8) is 0 Å². The third kappa shape index (κ3) is 2.87. The number of nitrogens with two attached hydrogens (primary N) is 2. The summed E-state index contributed by atoms with van der Waals surface area (Å²) >= 11 is 3.30. The molecule has 1 aromatic heterocycles. The second-order valence-electron chi connectivity index (χ2n) is 2.25. The van der Waals surface area contributed by atoms with Crippen LogP contribution in [0.15, 0.2) is 27.9 Å². The summed E-state index contributed by atoms with van der Waals surface area (Å²) in [6, 6.07) is 1.92. The van der Waals surface area contributed by atoms with Crippen molar-refractivity contribution in [1.29, 1.82) is 0 Å². The van der Waals surface area contributed by atoms with Gasteiger partial charge in [0.25, 0.3) is 0 Å². The monoisotopic (exact) mass is 228 g/mol. The molecule has 0 aliphatic rings. The van der Waals surface area contributed by atoms with Gasteiger partial charge in [-0.2, -0.15) is 0 Å². The summed E-state index contributed by atoms with van der Waals surface area (Å²) in [6.45, 7) is 0.467. The Kier molecular flexibility index (Phi) is 3.04. The molecule has 0 saturated carbocycles. The van der Waals surface area contributed by atoms with Crippen molar-refractivity contribution < 1.29 is 0 Å². The number of halogens is 1. The molecule has 4 nitrogen and oxygen atoms in total. The van der Waals surface area contributed by atoms with Gasteiger partial charge in [0.2, 0.25) is 0 Å². The average molecular weight is 229 g/mol. The van der Waals surface area contributed by atoms with Gasteiger partial charge < -0.3 is 11.5 Å². The number of pyridine rings is 1. The zero-order chi connectivity index (χ0) is 8.97. The third-order valence-electron chi connectivity index (χ3n) is 1.21. The maximum atomic E-state index is 5.17. The standard InChI is InChI=1S/C7H9BrN4/c8-6-1-5(2-11-4-6)3-12-7(9)10/h1-2,4H,3H2,(H4,9,10,12). The Morgan fingerprint density at radius 2 is 2.25 bits per heavy atom. The number of rotatable bonds is 2. The fourth-order valence-electron chi connectivity index (χ4n) is 0.725. The van der Waals surface area contributed by atoms with E-state index in [4.69, 9.17) is 11.5 Å². The van der Waals surface area contributed by atoms with Crippen molar-refractivity contribution in [2.24, 2.45) is 16.5 Å². The number of aromatic nitrogens is 1. The lowest BCUT2D eigenvalue weighted by Crippen LogP contribution is -2.22. The molecule has 0 aromatic carbocycles. The Morgan fingerprint density at radius 3 is 2.83 bits per heavy atom. The van der Waals surface area contributed by atoms with Crippen LogP contribution in [0.3, 0.4) is 0 Å². The first-order valence-corrected chi connectivity index (χ1v) is 4.12. The van der Waals surface area contributed by atoms with E-state index in [1.165, 1.54) is 0 Å². The molecule has 4 N–H and O–H groups in total. The van der Waals surface area contributed by atoms with E-state index in [0.717, 1.165) is 10.0 Å². The van der Waals surface area contributed by atoms with E-state index in [0.29, 0.717) is 6.54 Å². The van der Waals surface area contributed by atoms with Crippen LogP contribution < -0.4 is 11.5 Å². The minimum Gasteiger partial charge on any atom is -0.370 e. The fraction of sp³-hybridized carbons (Fsp3) is 0.143. The van der Waals surface area contributed by atoms with Gasteiger partial charge in [-0.25, -0.2) is 4.99 Å². The molecule has 0 amide bonds. The Bertz CT molecular complexity index is 293. The summed E-state index contributed by atoms with van der Waals surface area (Å²) < 4.78 is 0.922. The molecule has 12 heavy (non-hydrogen) atoms. The fourth-order valence-corrected chi connectivity index (χ4v) is 1.14. The number of guanidine groups is 1. The van der Waals surface area contributed by atoms with Gasteiger partial charge in [0.15, 0.2) is 5.96 Å². The van der Waals surface area contributed by atoms with Crippen molar-refractivity contribution in [2.45, 2.75) is 6.54 Å². The largest absolute Gasteiger partial charge is 0.370 e.